The maximum atomic E-state index is 11.5. The van der Waals surface area contributed by atoms with E-state index in [9.17, 15) is 9.59 Å². The number of piperidine rings is 1. The van der Waals surface area contributed by atoms with E-state index >= 15 is 0 Å². The van der Waals surface area contributed by atoms with E-state index in [1.807, 2.05) is 0 Å². The van der Waals surface area contributed by atoms with Crippen LogP contribution >= 0.6 is 0 Å². The van der Waals surface area contributed by atoms with Crippen molar-refractivity contribution < 1.29 is 14.7 Å². The van der Waals surface area contributed by atoms with E-state index in [4.69, 9.17) is 5.11 Å². The van der Waals surface area contributed by atoms with Gasteiger partial charge in [-0.05, 0) is 19.8 Å². The van der Waals surface area contributed by atoms with Crippen molar-refractivity contribution in [2.24, 2.45) is 11.8 Å². The van der Waals surface area contributed by atoms with Crippen LogP contribution in [0.3, 0.4) is 0 Å². The number of carbonyl (C=O) groups is 2. The summed E-state index contributed by atoms with van der Waals surface area (Å²) in [5, 5.41) is 8.70. The maximum Gasteiger partial charge on any atom is 0.233 e. The first-order chi connectivity index (χ1) is 6.16. The van der Waals surface area contributed by atoms with Crippen LogP contribution in [0.25, 0.3) is 0 Å². The van der Waals surface area contributed by atoms with Crippen LogP contribution in [0, 0.1) is 11.8 Å². The molecular formula is C9H13NO3. The second kappa shape index (κ2) is 2.80. The van der Waals surface area contributed by atoms with Gasteiger partial charge in [0, 0.05) is 12.6 Å². The van der Waals surface area contributed by atoms with E-state index in [0.29, 0.717) is 6.42 Å². The highest BCUT2D eigenvalue weighted by atomic mass is 16.3. The lowest BCUT2D eigenvalue weighted by Crippen LogP contribution is -2.40. The average molecular weight is 183 g/mol. The molecule has 3 atom stereocenters. The van der Waals surface area contributed by atoms with Crippen molar-refractivity contribution in [1.82, 2.24) is 4.90 Å². The van der Waals surface area contributed by atoms with Crippen LogP contribution in [-0.4, -0.2) is 34.5 Å². The highest BCUT2D eigenvalue weighted by Gasteiger charge is 2.59. The van der Waals surface area contributed by atoms with Crippen LogP contribution in [-0.2, 0) is 9.59 Å². The molecule has 72 valence electrons. The molecule has 0 spiro atoms. The van der Waals surface area contributed by atoms with E-state index in [-0.39, 0.29) is 36.3 Å². The maximum absolute atomic E-state index is 11.5. The molecule has 0 aromatic rings. The number of fused-ring (bicyclic) bond motifs is 1. The topological polar surface area (TPSA) is 57.6 Å². The standard InChI is InChI=1S/C9H13NO3/c1-5(2-3-11)10-8(12)6-4-7(6)9(10)13/h5-7,11H,2-4H2,1H3. The second-order valence-corrected chi connectivity index (χ2v) is 3.86. The molecule has 1 N–H and O–H groups in total. The molecule has 1 saturated carbocycles. The van der Waals surface area contributed by atoms with Crippen molar-refractivity contribution in [3.63, 3.8) is 0 Å². The Hall–Kier alpha value is -0.900. The Morgan fingerprint density at radius 1 is 1.46 bits per heavy atom. The van der Waals surface area contributed by atoms with Gasteiger partial charge in [0.2, 0.25) is 11.8 Å². The number of aliphatic hydroxyl groups excluding tert-OH is 1. The summed E-state index contributed by atoms with van der Waals surface area (Å²) in [5.74, 6) is -0.103. The van der Waals surface area contributed by atoms with Gasteiger partial charge in [0.05, 0.1) is 11.8 Å². The van der Waals surface area contributed by atoms with Crippen LogP contribution in [0.2, 0.25) is 0 Å². The molecule has 2 fully saturated rings. The Morgan fingerprint density at radius 3 is 2.46 bits per heavy atom. The molecule has 1 saturated heterocycles. The fraction of sp³-hybridized carbons (Fsp3) is 0.778. The van der Waals surface area contributed by atoms with Crippen molar-refractivity contribution in [1.29, 1.82) is 0 Å². The number of amides is 2. The molecule has 1 aliphatic heterocycles. The third-order valence-electron chi connectivity index (χ3n) is 2.89. The summed E-state index contributed by atoms with van der Waals surface area (Å²) < 4.78 is 0. The van der Waals surface area contributed by atoms with E-state index in [0.717, 1.165) is 6.42 Å². The van der Waals surface area contributed by atoms with Crippen LogP contribution in [0.1, 0.15) is 19.8 Å². The SMILES string of the molecule is CC(CCO)N1C(=O)C2CC2C1=O. The number of imide groups is 1. The van der Waals surface area contributed by atoms with Crippen molar-refractivity contribution >= 4 is 11.8 Å². The fourth-order valence-electron chi connectivity index (χ4n) is 1.96. The van der Waals surface area contributed by atoms with Gasteiger partial charge < -0.3 is 5.11 Å². The van der Waals surface area contributed by atoms with E-state index in [2.05, 4.69) is 0 Å². The third-order valence-corrected chi connectivity index (χ3v) is 2.89. The number of hydrogen-bond acceptors (Lipinski definition) is 3. The monoisotopic (exact) mass is 183 g/mol. The summed E-state index contributed by atoms with van der Waals surface area (Å²) in [4.78, 5) is 24.3. The summed E-state index contributed by atoms with van der Waals surface area (Å²) in [6, 6.07) is -0.141. The molecular weight excluding hydrogens is 170 g/mol. The number of likely N-dealkylation sites (tertiary alicyclic amines) is 1. The summed E-state index contributed by atoms with van der Waals surface area (Å²) in [5.41, 5.74) is 0. The molecule has 4 nitrogen and oxygen atoms in total. The van der Waals surface area contributed by atoms with Gasteiger partial charge in [-0.1, -0.05) is 0 Å². The smallest absolute Gasteiger partial charge is 0.233 e. The Morgan fingerprint density at radius 2 is 2.00 bits per heavy atom. The van der Waals surface area contributed by atoms with Gasteiger partial charge in [-0.2, -0.15) is 0 Å². The molecule has 2 rings (SSSR count). The molecule has 1 heterocycles. The summed E-state index contributed by atoms with van der Waals surface area (Å²) >= 11 is 0. The largest absolute Gasteiger partial charge is 0.396 e. The first kappa shape index (κ1) is 8.69. The van der Waals surface area contributed by atoms with Crippen molar-refractivity contribution in [3.05, 3.63) is 0 Å². The van der Waals surface area contributed by atoms with Crippen LogP contribution in [0.15, 0.2) is 0 Å². The normalized spacial score (nSPS) is 33.5. The summed E-state index contributed by atoms with van der Waals surface area (Å²) in [7, 11) is 0. The van der Waals surface area contributed by atoms with Crippen molar-refractivity contribution in [2.75, 3.05) is 6.61 Å². The van der Waals surface area contributed by atoms with Crippen LogP contribution < -0.4 is 0 Å². The first-order valence-corrected chi connectivity index (χ1v) is 4.64. The number of rotatable bonds is 3. The minimum atomic E-state index is -0.141. The van der Waals surface area contributed by atoms with Crippen LogP contribution in [0.4, 0.5) is 0 Å². The molecule has 1 aliphatic carbocycles. The highest BCUT2D eigenvalue weighted by molar-refractivity contribution is 6.09. The fourth-order valence-corrected chi connectivity index (χ4v) is 1.96. The molecule has 2 aliphatic rings. The predicted molar refractivity (Wildman–Crippen MR) is 44.6 cm³/mol. The van der Waals surface area contributed by atoms with Gasteiger partial charge in [0.25, 0.3) is 0 Å². The lowest BCUT2D eigenvalue weighted by Gasteiger charge is -2.23. The van der Waals surface area contributed by atoms with E-state index in [1.54, 1.807) is 6.92 Å². The molecule has 2 amide bonds. The zero-order valence-corrected chi connectivity index (χ0v) is 7.56. The lowest BCUT2D eigenvalue weighted by molar-refractivity contribution is -0.143. The minimum Gasteiger partial charge on any atom is -0.396 e. The Balaban J connectivity index is 2.07. The number of aliphatic hydroxyl groups is 1. The third kappa shape index (κ3) is 1.16. The zero-order chi connectivity index (χ0) is 9.59. The van der Waals surface area contributed by atoms with Gasteiger partial charge in [0.15, 0.2) is 0 Å². The first-order valence-electron chi connectivity index (χ1n) is 4.64. The molecule has 0 aromatic heterocycles. The number of nitrogens with zero attached hydrogens (tertiary/aromatic N) is 1. The van der Waals surface area contributed by atoms with Gasteiger partial charge in [-0.15, -0.1) is 0 Å². The zero-order valence-electron chi connectivity index (χ0n) is 7.56. The molecule has 0 bridgehead atoms. The van der Waals surface area contributed by atoms with Gasteiger partial charge >= 0.3 is 0 Å². The number of carbonyl (C=O) groups excluding carboxylic acids is 2. The Labute approximate surface area is 76.5 Å². The van der Waals surface area contributed by atoms with Crippen molar-refractivity contribution in [3.8, 4) is 0 Å². The minimum absolute atomic E-state index is 0.0198. The van der Waals surface area contributed by atoms with E-state index in [1.165, 1.54) is 4.90 Å². The lowest BCUT2D eigenvalue weighted by atomic mass is 10.2. The number of hydrogen-bond donors (Lipinski definition) is 1. The predicted octanol–water partition coefficient (Wildman–Crippen LogP) is -0.238. The summed E-state index contributed by atoms with van der Waals surface area (Å²) in [6.07, 6.45) is 1.23. The van der Waals surface area contributed by atoms with Gasteiger partial charge in [-0.3, -0.25) is 14.5 Å². The molecule has 4 heteroatoms. The molecule has 13 heavy (non-hydrogen) atoms. The Kier molecular flexibility index (Phi) is 1.87. The Bertz CT molecular complexity index is 244. The summed E-state index contributed by atoms with van der Waals surface area (Å²) in [6.45, 7) is 1.82. The van der Waals surface area contributed by atoms with E-state index < -0.39 is 0 Å². The highest BCUT2D eigenvalue weighted by Crippen LogP contribution is 2.47. The van der Waals surface area contributed by atoms with Gasteiger partial charge in [0.1, 0.15) is 0 Å². The van der Waals surface area contributed by atoms with Crippen molar-refractivity contribution in [2.45, 2.75) is 25.8 Å². The molecule has 0 radical (unpaired) electrons. The molecule has 3 unspecified atom stereocenters. The van der Waals surface area contributed by atoms with Gasteiger partial charge in [-0.25, -0.2) is 0 Å². The van der Waals surface area contributed by atoms with Crippen LogP contribution in [0.5, 0.6) is 0 Å². The average Bonchev–Trinajstić information content (AvgIpc) is 2.78. The quantitative estimate of drug-likeness (QED) is 0.614. The molecule has 0 aromatic carbocycles. The second-order valence-electron chi connectivity index (χ2n) is 3.86.